The van der Waals surface area contributed by atoms with Gasteiger partial charge < -0.3 is 4.74 Å². The number of aromatic nitrogens is 4. The lowest BCUT2D eigenvalue weighted by Gasteiger charge is -2.23. The molecule has 3 aromatic rings. The first-order valence-corrected chi connectivity index (χ1v) is 9.03. The van der Waals surface area contributed by atoms with Crippen LogP contribution in [0.25, 0.3) is 11.2 Å². The van der Waals surface area contributed by atoms with Gasteiger partial charge in [-0.2, -0.15) is 10.1 Å². The molecule has 4 rings (SSSR count). The second-order valence-electron chi connectivity index (χ2n) is 6.86. The number of benzene rings is 1. The van der Waals surface area contributed by atoms with Crippen molar-refractivity contribution in [1.29, 1.82) is 0 Å². The summed E-state index contributed by atoms with van der Waals surface area (Å²) >= 11 is 0. The Balaban J connectivity index is 1.92. The maximum absolute atomic E-state index is 13.3. The molecule has 2 aromatic heterocycles. The van der Waals surface area contributed by atoms with Gasteiger partial charge in [-0.25, -0.2) is 9.80 Å². The fraction of sp³-hybridized carbons (Fsp3) is 0.316. The molecule has 10 heteroatoms. The van der Waals surface area contributed by atoms with Crippen molar-refractivity contribution in [3.8, 4) is 0 Å². The van der Waals surface area contributed by atoms with Gasteiger partial charge in [0.15, 0.2) is 11.2 Å². The summed E-state index contributed by atoms with van der Waals surface area (Å²) in [5, 5.41) is 5.73. The van der Waals surface area contributed by atoms with Gasteiger partial charge in [0.05, 0.1) is 25.9 Å². The predicted molar refractivity (Wildman–Crippen MR) is 107 cm³/mol. The standard InChI is InChI=1S/C19H20N6O4/c1-12-9-23-15-16(20-18(23)25(21-12)11-14(26)29-3)22(2)19(28)24(17(15)27)10-13-7-5-4-6-8-13/h4-8H,9-11H2,1-3H3. The number of hydrogen-bond donors (Lipinski definition) is 0. The molecule has 0 aliphatic carbocycles. The zero-order valence-electron chi connectivity index (χ0n) is 16.3. The highest BCUT2D eigenvalue weighted by Gasteiger charge is 2.27. The summed E-state index contributed by atoms with van der Waals surface area (Å²) in [5.41, 5.74) is 1.19. The first-order chi connectivity index (χ1) is 13.9. The number of rotatable bonds is 4. The fourth-order valence-corrected chi connectivity index (χ4v) is 3.42. The van der Waals surface area contributed by atoms with Gasteiger partial charge in [-0.05, 0) is 12.5 Å². The molecule has 0 radical (unpaired) electrons. The van der Waals surface area contributed by atoms with Crippen molar-refractivity contribution in [1.82, 2.24) is 18.7 Å². The summed E-state index contributed by atoms with van der Waals surface area (Å²) in [7, 11) is 2.86. The Morgan fingerprint density at radius 1 is 1.21 bits per heavy atom. The van der Waals surface area contributed by atoms with E-state index in [4.69, 9.17) is 4.74 Å². The highest BCUT2D eigenvalue weighted by atomic mass is 16.5. The molecule has 150 valence electrons. The normalized spacial score (nSPS) is 13.3. The first kappa shape index (κ1) is 18.7. The Morgan fingerprint density at radius 2 is 1.93 bits per heavy atom. The third-order valence-corrected chi connectivity index (χ3v) is 4.81. The van der Waals surface area contributed by atoms with Gasteiger partial charge in [-0.3, -0.25) is 23.3 Å². The van der Waals surface area contributed by atoms with E-state index in [1.54, 1.807) is 18.5 Å². The van der Waals surface area contributed by atoms with Gasteiger partial charge in [-0.15, -0.1) is 0 Å². The van der Waals surface area contributed by atoms with Gasteiger partial charge in [0.25, 0.3) is 5.56 Å². The number of hydrazone groups is 1. The number of carbonyl (C=O) groups is 1. The quantitative estimate of drug-likeness (QED) is 0.588. The van der Waals surface area contributed by atoms with Crippen LogP contribution in [0.3, 0.4) is 0 Å². The van der Waals surface area contributed by atoms with Crippen LogP contribution in [0.4, 0.5) is 5.95 Å². The molecule has 0 fully saturated rings. The Hall–Kier alpha value is -3.69. The second-order valence-corrected chi connectivity index (χ2v) is 6.86. The SMILES string of the molecule is COC(=O)CN1N=C(C)Cn2c1nc1c2c(=O)n(Cc2ccccc2)c(=O)n1C. The average Bonchev–Trinajstić information content (AvgIpc) is 3.10. The molecule has 3 heterocycles. The summed E-state index contributed by atoms with van der Waals surface area (Å²) in [6, 6.07) is 9.30. The molecule has 0 unspecified atom stereocenters. The topological polar surface area (TPSA) is 104 Å². The molecule has 0 bridgehead atoms. The Kier molecular flexibility index (Phi) is 4.53. The Morgan fingerprint density at radius 3 is 2.62 bits per heavy atom. The minimum atomic E-state index is -0.488. The Labute approximate surface area is 165 Å². The third-order valence-electron chi connectivity index (χ3n) is 4.81. The molecule has 0 spiro atoms. The minimum Gasteiger partial charge on any atom is -0.468 e. The lowest BCUT2D eigenvalue weighted by atomic mass is 10.2. The molecule has 29 heavy (non-hydrogen) atoms. The smallest absolute Gasteiger partial charge is 0.332 e. The summed E-state index contributed by atoms with van der Waals surface area (Å²) < 4.78 is 8.94. The van der Waals surface area contributed by atoms with Crippen molar-refractivity contribution in [2.75, 3.05) is 18.7 Å². The van der Waals surface area contributed by atoms with Gasteiger partial charge in [-0.1, -0.05) is 30.3 Å². The molecule has 0 atom stereocenters. The monoisotopic (exact) mass is 396 g/mol. The fourth-order valence-electron chi connectivity index (χ4n) is 3.42. The summed E-state index contributed by atoms with van der Waals surface area (Å²) in [4.78, 5) is 42.3. The highest BCUT2D eigenvalue weighted by molar-refractivity contribution is 5.89. The maximum Gasteiger partial charge on any atom is 0.332 e. The highest BCUT2D eigenvalue weighted by Crippen LogP contribution is 2.23. The third kappa shape index (κ3) is 3.12. The van der Waals surface area contributed by atoms with Gasteiger partial charge >= 0.3 is 11.7 Å². The van der Waals surface area contributed by atoms with E-state index in [2.05, 4.69) is 10.1 Å². The number of hydrogen-bond acceptors (Lipinski definition) is 7. The van der Waals surface area contributed by atoms with Crippen molar-refractivity contribution >= 4 is 28.8 Å². The number of anilines is 1. The molecule has 1 aliphatic rings. The molecule has 0 saturated heterocycles. The predicted octanol–water partition coefficient (Wildman–Crippen LogP) is 0.314. The zero-order valence-corrected chi connectivity index (χ0v) is 16.3. The molecule has 0 N–H and O–H groups in total. The lowest BCUT2D eigenvalue weighted by Crippen LogP contribution is -2.40. The molecule has 1 aliphatic heterocycles. The van der Waals surface area contributed by atoms with Crippen LogP contribution in [0.5, 0.6) is 0 Å². The number of esters is 1. The van der Waals surface area contributed by atoms with E-state index in [1.807, 2.05) is 30.3 Å². The second kappa shape index (κ2) is 7.04. The molecule has 1 aromatic carbocycles. The Bertz CT molecular complexity index is 1250. The van der Waals surface area contributed by atoms with E-state index in [-0.39, 0.29) is 18.7 Å². The summed E-state index contributed by atoms with van der Waals surface area (Å²) in [5.74, 6) is -0.169. The zero-order chi connectivity index (χ0) is 20.7. The maximum atomic E-state index is 13.3. The first-order valence-electron chi connectivity index (χ1n) is 9.03. The van der Waals surface area contributed by atoms with Crippen molar-refractivity contribution in [3.63, 3.8) is 0 Å². The van der Waals surface area contributed by atoms with Crippen LogP contribution >= 0.6 is 0 Å². The van der Waals surface area contributed by atoms with E-state index in [0.717, 1.165) is 5.56 Å². The summed E-state index contributed by atoms with van der Waals surface area (Å²) in [6.45, 7) is 2.14. The largest absolute Gasteiger partial charge is 0.468 e. The van der Waals surface area contributed by atoms with E-state index >= 15 is 0 Å². The van der Waals surface area contributed by atoms with Crippen molar-refractivity contribution in [2.24, 2.45) is 12.1 Å². The van der Waals surface area contributed by atoms with Crippen molar-refractivity contribution in [2.45, 2.75) is 20.0 Å². The number of ether oxygens (including phenoxy) is 1. The van der Waals surface area contributed by atoms with Crippen LogP contribution in [0.15, 0.2) is 45.0 Å². The number of methoxy groups -OCH3 is 1. The van der Waals surface area contributed by atoms with E-state index in [1.165, 1.54) is 21.3 Å². The van der Waals surface area contributed by atoms with Crippen LogP contribution in [0.2, 0.25) is 0 Å². The van der Waals surface area contributed by atoms with Crippen LogP contribution in [0.1, 0.15) is 12.5 Å². The van der Waals surface area contributed by atoms with Gasteiger partial charge in [0.2, 0.25) is 5.95 Å². The van der Waals surface area contributed by atoms with E-state index in [9.17, 15) is 14.4 Å². The molecule has 0 saturated carbocycles. The number of nitrogens with zero attached hydrogens (tertiary/aromatic N) is 6. The van der Waals surface area contributed by atoms with Gasteiger partial charge in [0, 0.05) is 7.05 Å². The average molecular weight is 396 g/mol. The van der Waals surface area contributed by atoms with Crippen molar-refractivity contribution < 1.29 is 9.53 Å². The molecular formula is C19H20N6O4. The molecule has 0 amide bonds. The van der Waals surface area contributed by atoms with Crippen LogP contribution in [0, 0.1) is 0 Å². The van der Waals surface area contributed by atoms with Crippen molar-refractivity contribution in [3.05, 3.63) is 56.7 Å². The molecular weight excluding hydrogens is 376 g/mol. The number of carbonyl (C=O) groups excluding carboxylic acids is 1. The van der Waals surface area contributed by atoms with E-state index in [0.29, 0.717) is 23.7 Å². The number of aryl methyl sites for hydroxylation is 1. The van der Waals surface area contributed by atoms with E-state index < -0.39 is 17.2 Å². The molecule has 10 nitrogen and oxygen atoms in total. The van der Waals surface area contributed by atoms with Crippen LogP contribution in [-0.4, -0.2) is 44.0 Å². The number of fused-ring (bicyclic) bond motifs is 3. The minimum absolute atomic E-state index is 0.149. The summed E-state index contributed by atoms with van der Waals surface area (Å²) in [6.07, 6.45) is 0. The number of imidazole rings is 1. The van der Waals surface area contributed by atoms with Crippen LogP contribution in [-0.2, 0) is 29.7 Å². The van der Waals surface area contributed by atoms with Gasteiger partial charge in [0.1, 0.15) is 6.54 Å². The van der Waals surface area contributed by atoms with Crippen LogP contribution < -0.4 is 16.3 Å². The lowest BCUT2D eigenvalue weighted by molar-refractivity contribution is -0.139.